The van der Waals surface area contributed by atoms with Crippen molar-refractivity contribution < 1.29 is 13.9 Å². The van der Waals surface area contributed by atoms with Crippen LogP contribution in [-0.2, 0) is 0 Å². The Kier molecular flexibility index (Phi) is 5.20. The minimum Gasteiger partial charge on any atom is -0.496 e. The van der Waals surface area contributed by atoms with Gasteiger partial charge in [-0.2, -0.15) is 5.10 Å². The van der Waals surface area contributed by atoms with Crippen LogP contribution in [0.25, 0.3) is 0 Å². The highest BCUT2D eigenvalue weighted by Crippen LogP contribution is 2.31. The van der Waals surface area contributed by atoms with Crippen LogP contribution in [0.1, 0.15) is 29.0 Å². The van der Waals surface area contributed by atoms with Gasteiger partial charge >= 0.3 is 0 Å². The highest BCUT2D eigenvalue weighted by atomic mass is 79.9. The van der Waals surface area contributed by atoms with Crippen molar-refractivity contribution in [1.29, 1.82) is 0 Å². The summed E-state index contributed by atoms with van der Waals surface area (Å²) in [6.07, 6.45) is 3.83. The maximum Gasteiger partial charge on any atom is 0.275 e. The Balaban J connectivity index is 1.66. The molecule has 0 bridgehead atoms. The van der Waals surface area contributed by atoms with Crippen molar-refractivity contribution in [3.05, 3.63) is 46.1 Å². The predicted molar refractivity (Wildman–Crippen MR) is 95.9 cm³/mol. The molecule has 1 amide bonds. The second-order valence-corrected chi connectivity index (χ2v) is 6.25. The first-order chi connectivity index (χ1) is 11.7. The lowest BCUT2D eigenvalue weighted by atomic mass is 10.2. The lowest BCUT2D eigenvalue weighted by molar-refractivity contribution is 0.0952. The standard InChI is InChI=1S/C17H18BrN3O3/c1-23-15-7-3-2-6-13(15)16(22)20-19-11-12-10-14(18)17(24-12)21-8-4-5-9-21/h2-3,6-7,10-11H,4-5,8-9H2,1H3,(H,20,22)/b19-11-. The maximum absolute atomic E-state index is 12.1. The summed E-state index contributed by atoms with van der Waals surface area (Å²) in [5.41, 5.74) is 2.91. The van der Waals surface area contributed by atoms with Crippen molar-refractivity contribution in [2.75, 3.05) is 25.1 Å². The molecule has 1 fully saturated rings. The monoisotopic (exact) mass is 391 g/mol. The predicted octanol–water partition coefficient (Wildman–Crippen LogP) is 3.41. The number of ether oxygens (including phenoxy) is 1. The van der Waals surface area contributed by atoms with Crippen LogP contribution < -0.4 is 15.1 Å². The summed E-state index contributed by atoms with van der Waals surface area (Å²) >= 11 is 3.50. The SMILES string of the molecule is COc1ccccc1C(=O)N/N=C\c1cc(Br)c(N2CCCC2)o1. The molecule has 1 aromatic heterocycles. The quantitative estimate of drug-likeness (QED) is 0.626. The molecule has 0 saturated carbocycles. The highest BCUT2D eigenvalue weighted by Gasteiger charge is 2.19. The fraction of sp³-hybridized carbons (Fsp3) is 0.294. The summed E-state index contributed by atoms with van der Waals surface area (Å²) in [4.78, 5) is 14.3. The van der Waals surface area contributed by atoms with Crippen molar-refractivity contribution in [3.8, 4) is 5.75 Å². The van der Waals surface area contributed by atoms with Gasteiger partial charge in [-0.3, -0.25) is 4.79 Å². The topological polar surface area (TPSA) is 67.1 Å². The second-order valence-electron chi connectivity index (χ2n) is 5.40. The van der Waals surface area contributed by atoms with Gasteiger partial charge < -0.3 is 14.1 Å². The second kappa shape index (κ2) is 7.53. The van der Waals surface area contributed by atoms with Crippen LogP contribution in [0, 0.1) is 0 Å². The molecule has 0 aliphatic carbocycles. The van der Waals surface area contributed by atoms with Crippen LogP contribution in [-0.4, -0.2) is 32.3 Å². The van der Waals surface area contributed by atoms with Gasteiger partial charge in [-0.05, 0) is 40.9 Å². The minimum absolute atomic E-state index is 0.339. The number of para-hydroxylation sites is 1. The van der Waals surface area contributed by atoms with Gasteiger partial charge in [0, 0.05) is 19.2 Å². The number of carbonyl (C=O) groups excluding carboxylic acids is 1. The Hall–Kier alpha value is -2.28. The smallest absolute Gasteiger partial charge is 0.275 e. The summed E-state index contributed by atoms with van der Waals surface area (Å²) in [5, 5.41) is 3.96. The molecule has 126 valence electrons. The molecule has 7 heteroatoms. The Labute approximate surface area is 148 Å². The molecule has 1 saturated heterocycles. The zero-order chi connectivity index (χ0) is 16.9. The fourth-order valence-corrected chi connectivity index (χ4v) is 3.18. The number of carbonyl (C=O) groups is 1. The number of benzene rings is 1. The molecule has 1 aromatic carbocycles. The van der Waals surface area contributed by atoms with E-state index in [-0.39, 0.29) is 5.91 Å². The molecule has 0 atom stereocenters. The third kappa shape index (κ3) is 3.62. The Morgan fingerprint density at radius 2 is 2.12 bits per heavy atom. The Morgan fingerprint density at radius 3 is 2.88 bits per heavy atom. The zero-order valence-corrected chi connectivity index (χ0v) is 14.9. The number of halogens is 1. The van der Waals surface area contributed by atoms with Gasteiger partial charge in [0.25, 0.3) is 5.91 Å². The maximum atomic E-state index is 12.1. The van der Waals surface area contributed by atoms with Crippen LogP contribution in [0.2, 0.25) is 0 Å². The van der Waals surface area contributed by atoms with E-state index >= 15 is 0 Å². The highest BCUT2D eigenvalue weighted by molar-refractivity contribution is 9.10. The molecule has 1 N–H and O–H groups in total. The van der Waals surface area contributed by atoms with Crippen LogP contribution in [0.4, 0.5) is 5.88 Å². The van der Waals surface area contributed by atoms with E-state index < -0.39 is 0 Å². The molecule has 2 heterocycles. The molecule has 0 unspecified atom stereocenters. The molecule has 1 aliphatic rings. The third-order valence-electron chi connectivity index (χ3n) is 3.79. The van der Waals surface area contributed by atoms with Crippen molar-refractivity contribution in [1.82, 2.24) is 5.43 Å². The van der Waals surface area contributed by atoms with Gasteiger partial charge in [0.1, 0.15) is 5.75 Å². The third-order valence-corrected chi connectivity index (χ3v) is 4.36. The number of amides is 1. The van der Waals surface area contributed by atoms with Gasteiger partial charge in [0.05, 0.1) is 23.4 Å². The number of furan rings is 1. The molecule has 0 radical (unpaired) electrons. The average Bonchev–Trinajstić information content (AvgIpc) is 3.24. The summed E-state index contributed by atoms with van der Waals surface area (Å²) in [5.74, 6) is 1.55. The van der Waals surface area contributed by atoms with Gasteiger partial charge in [-0.15, -0.1) is 0 Å². The number of hydrogen-bond acceptors (Lipinski definition) is 5. The van der Waals surface area contributed by atoms with E-state index in [2.05, 4.69) is 31.4 Å². The number of anilines is 1. The number of nitrogens with zero attached hydrogens (tertiary/aromatic N) is 2. The van der Waals surface area contributed by atoms with E-state index in [4.69, 9.17) is 9.15 Å². The molecular weight excluding hydrogens is 374 g/mol. The zero-order valence-electron chi connectivity index (χ0n) is 13.3. The van der Waals surface area contributed by atoms with Crippen LogP contribution >= 0.6 is 15.9 Å². The van der Waals surface area contributed by atoms with Gasteiger partial charge in [-0.1, -0.05) is 12.1 Å². The number of hydrazone groups is 1. The van der Waals surface area contributed by atoms with Crippen molar-refractivity contribution >= 4 is 33.9 Å². The van der Waals surface area contributed by atoms with E-state index in [0.29, 0.717) is 17.1 Å². The summed E-state index contributed by atoms with van der Waals surface area (Å²) in [6, 6.07) is 8.82. The first-order valence-electron chi connectivity index (χ1n) is 7.69. The number of nitrogens with one attached hydrogen (secondary N) is 1. The van der Waals surface area contributed by atoms with Crippen molar-refractivity contribution in [2.45, 2.75) is 12.8 Å². The number of methoxy groups -OCH3 is 1. The van der Waals surface area contributed by atoms with Gasteiger partial charge in [0.15, 0.2) is 5.76 Å². The van der Waals surface area contributed by atoms with E-state index in [1.54, 1.807) is 24.3 Å². The van der Waals surface area contributed by atoms with E-state index in [9.17, 15) is 4.79 Å². The van der Waals surface area contributed by atoms with Crippen LogP contribution in [0.5, 0.6) is 5.75 Å². The average molecular weight is 392 g/mol. The lowest BCUT2D eigenvalue weighted by Gasteiger charge is -2.13. The number of hydrogen-bond donors (Lipinski definition) is 1. The minimum atomic E-state index is -0.339. The van der Waals surface area contributed by atoms with Gasteiger partial charge in [0.2, 0.25) is 5.88 Å². The largest absolute Gasteiger partial charge is 0.496 e. The molecule has 6 nitrogen and oxygen atoms in total. The van der Waals surface area contributed by atoms with Crippen molar-refractivity contribution in [3.63, 3.8) is 0 Å². The first kappa shape index (κ1) is 16.6. The van der Waals surface area contributed by atoms with E-state index in [0.717, 1.165) is 23.4 Å². The molecule has 1 aliphatic heterocycles. The lowest BCUT2D eigenvalue weighted by Crippen LogP contribution is -2.18. The fourth-order valence-electron chi connectivity index (χ4n) is 2.62. The van der Waals surface area contributed by atoms with Crippen LogP contribution in [0.15, 0.2) is 44.3 Å². The summed E-state index contributed by atoms with van der Waals surface area (Å²) in [7, 11) is 1.52. The summed E-state index contributed by atoms with van der Waals surface area (Å²) < 4.78 is 11.8. The molecule has 3 rings (SSSR count). The Bertz CT molecular complexity index is 751. The van der Waals surface area contributed by atoms with E-state index in [1.165, 1.54) is 26.2 Å². The normalized spacial score (nSPS) is 14.3. The van der Waals surface area contributed by atoms with E-state index in [1.807, 2.05) is 6.07 Å². The molecule has 0 spiro atoms. The van der Waals surface area contributed by atoms with Gasteiger partial charge in [-0.25, -0.2) is 5.43 Å². The molecule has 24 heavy (non-hydrogen) atoms. The molecular formula is C17H18BrN3O3. The summed E-state index contributed by atoms with van der Waals surface area (Å²) in [6.45, 7) is 1.99. The first-order valence-corrected chi connectivity index (χ1v) is 8.49. The molecule has 2 aromatic rings. The van der Waals surface area contributed by atoms with Crippen LogP contribution in [0.3, 0.4) is 0 Å². The number of rotatable bonds is 5. The van der Waals surface area contributed by atoms with Crippen molar-refractivity contribution in [2.24, 2.45) is 5.10 Å². The Morgan fingerprint density at radius 1 is 1.38 bits per heavy atom.